The maximum absolute atomic E-state index is 11.2. The van der Waals surface area contributed by atoms with Crippen LogP contribution in [0, 0.1) is 0 Å². The summed E-state index contributed by atoms with van der Waals surface area (Å²) in [7, 11) is -3.04. The van der Waals surface area contributed by atoms with Crippen LogP contribution >= 0.6 is 0 Å². The van der Waals surface area contributed by atoms with Crippen molar-refractivity contribution >= 4 is 9.84 Å². The molecule has 0 aliphatic heterocycles. The molecule has 0 amide bonds. The molecule has 1 rings (SSSR count). The van der Waals surface area contributed by atoms with Gasteiger partial charge in [0.05, 0.1) is 10.6 Å². The van der Waals surface area contributed by atoms with E-state index in [-0.39, 0.29) is 5.75 Å². The van der Waals surface area contributed by atoms with E-state index in [1.165, 1.54) is 24.5 Å². The van der Waals surface area contributed by atoms with E-state index in [1.807, 2.05) is 0 Å². The summed E-state index contributed by atoms with van der Waals surface area (Å²) in [6.45, 7) is 1.62. The first kappa shape index (κ1) is 8.20. The maximum Gasteiger partial charge on any atom is 0.178 e. The van der Waals surface area contributed by atoms with E-state index < -0.39 is 9.84 Å². The van der Waals surface area contributed by atoms with E-state index in [0.717, 1.165) is 0 Å². The highest BCUT2D eigenvalue weighted by Crippen LogP contribution is 2.07. The van der Waals surface area contributed by atoms with Crippen LogP contribution in [0.1, 0.15) is 6.92 Å². The Morgan fingerprint density at radius 3 is 2.36 bits per heavy atom. The van der Waals surface area contributed by atoms with Crippen molar-refractivity contribution in [3.05, 3.63) is 24.5 Å². The van der Waals surface area contributed by atoms with Crippen LogP contribution < -0.4 is 0 Å². The Morgan fingerprint density at radius 1 is 1.36 bits per heavy atom. The van der Waals surface area contributed by atoms with E-state index >= 15 is 0 Å². The molecule has 1 aromatic rings. The van der Waals surface area contributed by atoms with Crippen molar-refractivity contribution in [3.63, 3.8) is 0 Å². The van der Waals surface area contributed by atoms with Gasteiger partial charge in [0, 0.05) is 12.4 Å². The van der Waals surface area contributed by atoms with Gasteiger partial charge >= 0.3 is 0 Å². The third-order valence-corrected chi connectivity index (χ3v) is 3.14. The van der Waals surface area contributed by atoms with Crippen LogP contribution in [0.25, 0.3) is 0 Å². The highest BCUT2D eigenvalue weighted by molar-refractivity contribution is 7.91. The lowest BCUT2D eigenvalue weighted by Gasteiger charge is -1.97. The SMILES string of the molecule is CCS(=O)(=O)c1ccncc1. The molecule has 0 fully saturated rings. The summed E-state index contributed by atoms with van der Waals surface area (Å²) in [5.41, 5.74) is 0. The molecule has 0 bridgehead atoms. The minimum absolute atomic E-state index is 0.136. The second-order valence-electron chi connectivity index (χ2n) is 2.09. The van der Waals surface area contributed by atoms with Gasteiger partial charge in [-0.05, 0) is 12.1 Å². The standard InChI is InChI=1S/C7H9NO2S/c1-2-11(9,10)7-3-5-8-6-4-7/h3-6H,2H2,1H3. The van der Waals surface area contributed by atoms with E-state index in [9.17, 15) is 8.42 Å². The minimum Gasteiger partial charge on any atom is -0.265 e. The zero-order valence-electron chi connectivity index (χ0n) is 6.19. The van der Waals surface area contributed by atoms with Crippen LogP contribution in [0.4, 0.5) is 0 Å². The number of rotatable bonds is 2. The molecule has 0 saturated heterocycles. The number of nitrogens with zero attached hydrogens (tertiary/aromatic N) is 1. The fraction of sp³-hybridized carbons (Fsp3) is 0.286. The van der Waals surface area contributed by atoms with Crippen LogP contribution in [-0.4, -0.2) is 19.2 Å². The number of sulfone groups is 1. The van der Waals surface area contributed by atoms with Crippen molar-refractivity contribution in [1.29, 1.82) is 0 Å². The molecule has 0 spiro atoms. The summed E-state index contributed by atoms with van der Waals surface area (Å²) < 4.78 is 22.3. The topological polar surface area (TPSA) is 47.0 Å². The Labute approximate surface area is 66.0 Å². The van der Waals surface area contributed by atoms with Crippen LogP contribution in [-0.2, 0) is 9.84 Å². The molecule has 0 saturated carbocycles. The summed E-state index contributed by atoms with van der Waals surface area (Å²) in [5, 5.41) is 0. The fourth-order valence-electron chi connectivity index (χ4n) is 0.712. The van der Waals surface area contributed by atoms with Crippen molar-refractivity contribution < 1.29 is 8.42 Å². The predicted octanol–water partition coefficient (Wildman–Crippen LogP) is 0.875. The lowest BCUT2D eigenvalue weighted by atomic mass is 10.5. The minimum atomic E-state index is -3.04. The van der Waals surface area contributed by atoms with Gasteiger partial charge in [0.15, 0.2) is 9.84 Å². The summed E-state index contributed by atoms with van der Waals surface area (Å²) in [4.78, 5) is 4.07. The molecule has 0 radical (unpaired) electrons. The second kappa shape index (κ2) is 3.00. The first-order valence-electron chi connectivity index (χ1n) is 3.29. The predicted molar refractivity (Wildman–Crippen MR) is 42.0 cm³/mol. The van der Waals surface area contributed by atoms with E-state index in [1.54, 1.807) is 6.92 Å². The molecule has 1 heterocycles. The number of hydrogen-bond acceptors (Lipinski definition) is 3. The highest BCUT2D eigenvalue weighted by atomic mass is 32.2. The van der Waals surface area contributed by atoms with Crippen molar-refractivity contribution in [1.82, 2.24) is 4.98 Å². The van der Waals surface area contributed by atoms with Gasteiger partial charge in [0.1, 0.15) is 0 Å². The van der Waals surface area contributed by atoms with Gasteiger partial charge in [-0.1, -0.05) is 6.92 Å². The molecule has 60 valence electrons. The van der Waals surface area contributed by atoms with Crippen molar-refractivity contribution in [3.8, 4) is 0 Å². The largest absolute Gasteiger partial charge is 0.265 e. The number of hydrogen-bond donors (Lipinski definition) is 0. The summed E-state index contributed by atoms with van der Waals surface area (Å²) in [6.07, 6.45) is 2.95. The third kappa shape index (κ3) is 1.77. The lowest BCUT2D eigenvalue weighted by Crippen LogP contribution is -2.02. The van der Waals surface area contributed by atoms with Gasteiger partial charge in [-0.2, -0.15) is 0 Å². The van der Waals surface area contributed by atoms with Crippen LogP contribution in [0.15, 0.2) is 29.4 Å². The zero-order chi connectivity index (χ0) is 8.32. The number of pyridine rings is 1. The molecule has 0 aliphatic rings. The first-order valence-corrected chi connectivity index (χ1v) is 4.95. The van der Waals surface area contributed by atoms with Crippen molar-refractivity contribution in [2.45, 2.75) is 11.8 Å². The Bertz CT molecular complexity index is 318. The van der Waals surface area contributed by atoms with Gasteiger partial charge in [-0.3, -0.25) is 4.98 Å². The molecule has 0 atom stereocenters. The Balaban J connectivity index is 3.14. The average molecular weight is 171 g/mol. The van der Waals surface area contributed by atoms with Crippen molar-refractivity contribution in [2.24, 2.45) is 0 Å². The fourth-order valence-corrected chi connectivity index (χ4v) is 1.58. The molecule has 0 unspecified atom stereocenters. The Hall–Kier alpha value is -0.900. The van der Waals surface area contributed by atoms with Crippen LogP contribution in [0.3, 0.4) is 0 Å². The van der Waals surface area contributed by atoms with E-state index in [4.69, 9.17) is 0 Å². The molecule has 0 N–H and O–H groups in total. The summed E-state index contributed by atoms with van der Waals surface area (Å²) in [5.74, 6) is 0.136. The second-order valence-corrected chi connectivity index (χ2v) is 4.36. The molecule has 11 heavy (non-hydrogen) atoms. The summed E-state index contributed by atoms with van der Waals surface area (Å²) in [6, 6.07) is 3.00. The molecule has 1 aromatic heterocycles. The summed E-state index contributed by atoms with van der Waals surface area (Å²) >= 11 is 0. The maximum atomic E-state index is 11.2. The lowest BCUT2D eigenvalue weighted by molar-refractivity contribution is 0.597. The number of aromatic nitrogens is 1. The molecular weight excluding hydrogens is 162 g/mol. The molecule has 0 aromatic carbocycles. The van der Waals surface area contributed by atoms with E-state index in [2.05, 4.69) is 4.98 Å². The van der Waals surface area contributed by atoms with Gasteiger partial charge in [0.25, 0.3) is 0 Å². The van der Waals surface area contributed by atoms with Gasteiger partial charge in [0.2, 0.25) is 0 Å². The van der Waals surface area contributed by atoms with Crippen LogP contribution in [0.5, 0.6) is 0 Å². The zero-order valence-corrected chi connectivity index (χ0v) is 7.00. The molecule has 4 heteroatoms. The third-order valence-electron chi connectivity index (χ3n) is 1.39. The molecule has 0 aliphatic carbocycles. The van der Waals surface area contributed by atoms with Gasteiger partial charge < -0.3 is 0 Å². The normalized spacial score (nSPS) is 11.4. The first-order chi connectivity index (χ1) is 5.17. The quantitative estimate of drug-likeness (QED) is 0.663. The monoisotopic (exact) mass is 171 g/mol. The molecule has 3 nitrogen and oxygen atoms in total. The molecular formula is C7H9NO2S. The smallest absolute Gasteiger partial charge is 0.178 e. The average Bonchev–Trinajstić information content (AvgIpc) is 2.06. The highest BCUT2D eigenvalue weighted by Gasteiger charge is 2.09. The Kier molecular flexibility index (Phi) is 2.24. The van der Waals surface area contributed by atoms with Gasteiger partial charge in [-0.25, -0.2) is 8.42 Å². The Morgan fingerprint density at radius 2 is 1.91 bits per heavy atom. The van der Waals surface area contributed by atoms with Crippen LogP contribution in [0.2, 0.25) is 0 Å². The van der Waals surface area contributed by atoms with Crippen molar-refractivity contribution in [2.75, 3.05) is 5.75 Å². The van der Waals surface area contributed by atoms with Gasteiger partial charge in [-0.15, -0.1) is 0 Å². The van der Waals surface area contributed by atoms with E-state index in [0.29, 0.717) is 4.90 Å².